The van der Waals surface area contributed by atoms with E-state index in [2.05, 4.69) is 0 Å². The van der Waals surface area contributed by atoms with Crippen molar-refractivity contribution in [3.05, 3.63) is 57.5 Å². The second-order valence-electron chi connectivity index (χ2n) is 3.91. The quantitative estimate of drug-likeness (QED) is 0.769. The Labute approximate surface area is 116 Å². The molecule has 0 unspecified atom stereocenters. The lowest BCUT2D eigenvalue weighted by molar-refractivity contribution is 0.0991. The molecule has 1 aromatic carbocycles. The molecule has 4 heteroatoms. The Morgan fingerprint density at radius 2 is 1.89 bits per heavy atom. The third kappa shape index (κ3) is 2.60. The SMILES string of the molecule is CCc1occc1C(=O)Cc1c(Cl)cccc1Cl. The zero-order valence-electron chi connectivity index (χ0n) is 9.87. The summed E-state index contributed by atoms with van der Waals surface area (Å²) >= 11 is 12.1. The zero-order chi connectivity index (χ0) is 13.1. The molecule has 0 aliphatic heterocycles. The summed E-state index contributed by atoms with van der Waals surface area (Å²) in [4.78, 5) is 12.2. The molecule has 0 atom stereocenters. The van der Waals surface area contributed by atoms with Crippen LogP contribution in [0.4, 0.5) is 0 Å². The first-order valence-electron chi connectivity index (χ1n) is 5.66. The minimum atomic E-state index is -0.0319. The van der Waals surface area contributed by atoms with Gasteiger partial charge < -0.3 is 4.42 Å². The van der Waals surface area contributed by atoms with Gasteiger partial charge in [0, 0.05) is 22.9 Å². The fourth-order valence-corrected chi connectivity index (χ4v) is 2.35. The van der Waals surface area contributed by atoms with Gasteiger partial charge in [-0.3, -0.25) is 4.79 Å². The number of rotatable bonds is 4. The topological polar surface area (TPSA) is 30.2 Å². The molecule has 2 nitrogen and oxygen atoms in total. The molecule has 0 saturated carbocycles. The summed E-state index contributed by atoms with van der Waals surface area (Å²) in [5, 5.41) is 1.02. The van der Waals surface area contributed by atoms with Crippen molar-refractivity contribution in [2.75, 3.05) is 0 Å². The third-order valence-electron chi connectivity index (χ3n) is 2.77. The van der Waals surface area contributed by atoms with Crippen LogP contribution in [0.2, 0.25) is 10.0 Å². The van der Waals surface area contributed by atoms with Gasteiger partial charge in [-0.2, -0.15) is 0 Å². The molecule has 1 heterocycles. The zero-order valence-corrected chi connectivity index (χ0v) is 11.4. The van der Waals surface area contributed by atoms with Gasteiger partial charge in [-0.25, -0.2) is 0 Å². The number of aryl methyl sites for hydroxylation is 1. The van der Waals surface area contributed by atoms with Crippen molar-refractivity contribution in [3.8, 4) is 0 Å². The van der Waals surface area contributed by atoms with Crippen molar-refractivity contribution in [2.24, 2.45) is 0 Å². The van der Waals surface area contributed by atoms with E-state index in [-0.39, 0.29) is 12.2 Å². The molecule has 0 spiro atoms. The number of halogens is 2. The summed E-state index contributed by atoms with van der Waals surface area (Å²) in [6.07, 6.45) is 2.40. The summed E-state index contributed by atoms with van der Waals surface area (Å²) in [5.41, 5.74) is 1.27. The lowest BCUT2D eigenvalue weighted by atomic mass is 10.0. The highest BCUT2D eigenvalue weighted by Crippen LogP contribution is 2.26. The summed E-state index contributed by atoms with van der Waals surface area (Å²) in [6, 6.07) is 6.90. The van der Waals surface area contributed by atoms with Crippen LogP contribution in [0.15, 0.2) is 34.9 Å². The van der Waals surface area contributed by atoms with Crippen LogP contribution in [0.25, 0.3) is 0 Å². The van der Waals surface area contributed by atoms with Gasteiger partial charge >= 0.3 is 0 Å². The summed E-state index contributed by atoms with van der Waals surface area (Å²) in [7, 11) is 0. The Balaban J connectivity index is 2.27. The molecule has 0 fully saturated rings. The first kappa shape index (κ1) is 13.2. The van der Waals surface area contributed by atoms with Gasteiger partial charge in [0.05, 0.1) is 11.8 Å². The average molecular weight is 283 g/mol. The molecule has 0 aliphatic rings. The number of furan rings is 1. The molecule has 0 bridgehead atoms. The van der Waals surface area contributed by atoms with Crippen LogP contribution in [0.3, 0.4) is 0 Å². The highest BCUT2D eigenvalue weighted by Gasteiger charge is 2.16. The van der Waals surface area contributed by atoms with E-state index in [1.807, 2.05) is 6.92 Å². The predicted molar refractivity (Wildman–Crippen MR) is 72.6 cm³/mol. The Morgan fingerprint density at radius 1 is 1.22 bits per heavy atom. The van der Waals surface area contributed by atoms with Gasteiger partial charge in [0.25, 0.3) is 0 Å². The summed E-state index contributed by atoms with van der Waals surface area (Å²) in [5.74, 6) is 0.666. The normalized spacial score (nSPS) is 10.6. The highest BCUT2D eigenvalue weighted by atomic mass is 35.5. The number of ketones is 1. The molecule has 0 amide bonds. The molecular formula is C14H12Cl2O2. The average Bonchev–Trinajstić information content (AvgIpc) is 2.82. The van der Waals surface area contributed by atoms with Crippen LogP contribution in [-0.4, -0.2) is 5.78 Å². The van der Waals surface area contributed by atoms with E-state index in [4.69, 9.17) is 27.6 Å². The number of carbonyl (C=O) groups excluding carboxylic acids is 1. The molecule has 18 heavy (non-hydrogen) atoms. The third-order valence-corrected chi connectivity index (χ3v) is 3.47. The Hall–Kier alpha value is -1.25. The van der Waals surface area contributed by atoms with Crippen molar-refractivity contribution < 1.29 is 9.21 Å². The monoisotopic (exact) mass is 282 g/mol. The molecule has 1 aromatic heterocycles. The van der Waals surface area contributed by atoms with Crippen molar-refractivity contribution in [1.82, 2.24) is 0 Å². The van der Waals surface area contributed by atoms with E-state index in [1.54, 1.807) is 24.3 Å². The van der Waals surface area contributed by atoms with Gasteiger partial charge in [0.2, 0.25) is 0 Å². The minimum Gasteiger partial charge on any atom is -0.469 e. The number of Topliss-reactive ketones (excluding diaryl/α,β-unsaturated/α-hetero) is 1. The largest absolute Gasteiger partial charge is 0.469 e. The number of hydrogen-bond donors (Lipinski definition) is 0. The molecule has 2 aromatic rings. The van der Waals surface area contributed by atoms with Gasteiger partial charge in [0.1, 0.15) is 5.76 Å². The maximum absolute atomic E-state index is 12.2. The van der Waals surface area contributed by atoms with E-state index >= 15 is 0 Å². The predicted octanol–water partition coefficient (Wildman–Crippen LogP) is 4.57. The molecule has 94 valence electrons. The van der Waals surface area contributed by atoms with Crippen molar-refractivity contribution in [2.45, 2.75) is 19.8 Å². The summed E-state index contributed by atoms with van der Waals surface area (Å²) < 4.78 is 5.25. The molecule has 0 saturated heterocycles. The smallest absolute Gasteiger partial charge is 0.170 e. The number of carbonyl (C=O) groups is 1. The summed E-state index contributed by atoms with van der Waals surface area (Å²) in [6.45, 7) is 1.94. The van der Waals surface area contributed by atoms with Crippen LogP contribution in [0, 0.1) is 0 Å². The standard InChI is InChI=1S/C14H12Cl2O2/c1-2-14-9(6-7-18-14)13(17)8-10-11(15)4-3-5-12(10)16/h3-7H,2,8H2,1H3. The van der Waals surface area contributed by atoms with Crippen LogP contribution in [0.1, 0.15) is 28.6 Å². The molecule has 0 N–H and O–H groups in total. The van der Waals surface area contributed by atoms with Crippen LogP contribution in [-0.2, 0) is 12.8 Å². The Morgan fingerprint density at radius 3 is 2.50 bits per heavy atom. The lowest BCUT2D eigenvalue weighted by Gasteiger charge is -2.06. The number of benzene rings is 1. The first-order valence-corrected chi connectivity index (χ1v) is 6.41. The molecular weight excluding hydrogens is 271 g/mol. The van der Waals surface area contributed by atoms with E-state index in [0.717, 1.165) is 0 Å². The van der Waals surface area contributed by atoms with Gasteiger partial charge in [0.15, 0.2) is 5.78 Å². The maximum Gasteiger partial charge on any atom is 0.170 e. The van der Waals surface area contributed by atoms with Gasteiger partial charge in [-0.15, -0.1) is 0 Å². The highest BCUT2D eigenvalue weighted by molar-refractivity contribution is 6.36. The van der Waals surface area contributed by atoms with Crippen molar-refractivity contribution in [3.63, 3.8) is 0 Å². The van der Waals surface area contributed by atoms with Gasteiger partial charge in [-0.1, -0.05) is 36.2 Å². The Kier molecular flexibility index (Phi) is 4.10. The first-order chi connectivity index (χ1) is 8.63. The van der Waals surface area contributed by atoms with E-state index < -0.39 is 0 Å². The lowest BCUT2D eigenvalue weighted by Crippen LogP contribution is -2.05. The molecule has 2 rings (SSSR count). The fourth-order valence-electron chi connectivity index (χ4n) is 1.82. The van der Waals surface area contributed by atoms with Crippen LogP contribution < -0.4 is 0 Å². The minimum absolute atomic E-state index is 0.0319. The van der Waals surface area contributed by atoms with Crippen LogP contribution >= 0.6 is 23.2 Å². The van der Waals surface area contributed by atoms with Gasteiger partial charge in [-0.05, 0) is 23.8 Å². The molecule has 0 aliphatic carbocycles. The van der Waals surface area contributed by atoms with E-state index in [9.17, 15) is 4.79 Å². The van der Waals surface area contributed by atoms with E-state index in [0.29, 0.717) is 33.4 Å². The second kappa shape index (κ2) is 5.59. The fraction of sp³-hybridized carbons (Fsp3) is 0.214. The number of hydrogen-bond acceptors (Lipinski definition) is 2. The Bertz CT molecular complexity index is 553. The van der Waals surface area contributed by atoms with Crippen molar-refractivity contribution >= 4 is 29.0 Å². The second-order valence-corrected chi connectivity index (χ2v) is 4.73. The maximum atomic E-state index is 12.2. The van der Waals surface area contributed by atoms with E-state index in [1.165, 1.54) is 6.26 Å². The van der Waals surface area contributed by atoms with Crippen molar-refractivity contribution in [1.29, 1.82) is 0 Å². The molecule has 0 radical (unpaired) electrons. The van der Waals surface area contributed by atoms with Crippen LogP contribution in [0.5, 0.6) is 0 Å².